The van der Waals surface area contributed by atoms with Gasteiger partial charge in [0, 0.05) is 29.8 Å². The lowest BCUT2D eigenvalue weighted by Gasteiger charge is -2.06. The van der Waals surface area contributed by atoms with Crippen molar-refractivity contribution in [2.24, 2.45) is 0 Å². The average molecular weight is 337 g/mol. The maximum absolute atomic E-state index is 11.8. The van der Waals surface area contributed by atoms with Gasteiger partial charge in [0.1, 0.15) is 4.90 Å². The Labute approximate surface area is 114 Å². The minimum Gasteiger partial charge on any atom is -0.469 e. The van der Waals surface area contributed by atoms with Gasteiger partial charge in [0.15, 0.2) is 0 Å². The van der Waals surface area contributed by atoms with Gasteiger partial charge in [-0.25, -0.2) is 13.1 Å². The summed E-state index contributed by atoms with van der Waals surface area (Å²) in [5.41, 5.74) is 0. The molecule has 0 unspecified atom stereocenters. The van der Waals surface area contributed by atoms with Crippen LogP contribution >= 0.6 is 15.9 Å². The molecule has 0 aliphatic heterocycles. The quantitative estimate of drug-likeness (QED) is 0.620. The minimum absolute atomic E-state index is 0.0787. The third kappa shape index (κ3) is 4.71. The SMILES string of the molecule is COC(=O)CCCNS(=O)(=O)c1cncc(Br)c1. The van der Waals surface area contributed by atoms with Crippen molar-refractivity contribution in [3.63, 3.8) is 0 Å². The summed E-state index contributed by atoms with van der Waals surface area (Å²) in [6.45, 7) is 0.171. The van der Waals surface area contributed by atoms with Crippen molar-refractivity contribution in [1.82, 2.24) is 9.71 Å². The highest BCUT2D eigenvalue weighted by Gasteiger charge is 2.14. The summed E-state index contributed by atoms with van der Waals surface area (Å²) in [5, 5.41) is 0. The van der Waals surface area contributed by atoms with Gasteiger partial charge in [0.05, 0.1) is 7.11 Å². The summed E-state index contributed by atoms with van der Waals surface area (Å²) in [7, 11) is -2.29. The van der Waals surface area contributed by atoms with Crippen LogP contribution in [0, 0.1) is 0 Å². The smallest absolute Gasteiger partial charge is 0.305 e. The van der Waals surface area contributed by atoms with Gasteiger partial charge in [-0.1, -0.05) is 0 Å². The molecule has 0 aromatic carbocycles. The van der Waals surface area contributed by atoms with E-state index in [1.54, 1.807) is 0 Å². The molecule has 0 aliphatic carbocycles. The number of pyridine rings is 1. The van der Waals surface area contributed by atoms with Gasteiger partial charge in [0.25, 0.3) is 0 Å². The first kappa shape index (κ1) is 15.1. The highest BCUT2D eigenvalue weighted by Crippen LogP contribution is 2.13. The molecule has 18 heavy (non-hydrogen) atoms. The number of nitrogens with zero attached hydrogens (tertiary/aromatic N) is 1. The van der Waals surface area contributed by atoms with E-state index in [-0.39, 0.29) is 23.8 Å². The van der Waals surface area contributed by atoms with E-state index in [0.717, 1.165) is 0 Å². The van der Waals surface area contributed by atoms with E-state index >= 15 is 0 Å². The van der Waals surface area contributed by atoms with Gasteiger partial charge in [-0.3, -0.25) is 9.78 Å². The van der Waals surface area contributed by atoms with Crippen LogP contribution in [0.2, 0.25) is 0 Å². The molecule has 0 radical (unpaired) electrons. The highest BCUT2D eigenvalue weighted by atomic mass is 79.9. The second-order valence-electron chi connectivity index (χ2n) is 3.42. The van der Waals surface area contributed by atoms with Gasteiger partial charge in [0.2, 0.25) is 10.0 Å². The number of methoxy groups -OCH3 is 1. The molecule has 100 valence electrons. The molecule has 0 atom stereocenters. The summed E-state index contributed by atoms with van der Waals surface area (Å²) in [6, 6.07) is 1.45. The number of halogens is 1. The van der Waals surface area contributed by atoms with Crippen molar-refractivity contribution in [2.75, 3.05) is 13.7 Å². The van der Waals surface area contributed by atoms with Crippen molar-refractivity contribution in [3.05, 3.63) is 22.9 Å². The Bertz CT molecular complexity index is 518. The van der Waals surface area contributed by atoms with Gasteiger partial charge in [-0.15, -0.1) is 0 Å². The zero-order chi connectivity index (χ0) is 13.6. The minimum atomic E-state index is -3.58. The molecule has 8 heteroatoms. The molecule has 0 spiro atoms. The number of hydrogen-bond acceptors (Lipinski definition) is 5. The number of rotatable bonds is 6. The van der Waals surface area contributed by atoms with Crippen LogP contribution in [0.3, 0.4) is 0 Å². The molecule has 6 nitrogen and oxygen atoms in total. The Morgan fingerprint density at radius 2 is 2.22 bits per heavy atom. The zero-order valence-corrected chi connectivity index (χ0v) is 12.1. The summed E-state index contributed by atoms with van der Waals surface area (Å²) in [5.74, 6) is -0.363. The lowest BCUT2D eigenvalue weighted by molar-refractivity contribution is -0.140. The topological polar surface area (TPSA) is 85.4 Å². The van der Waals surface area contributed by atoms with Gasteiger partial charge >= 0.3 is 5.97 Å². The second kappa shape index (κ2) is 6.81. The van der Waals surface area contributed by atoms with Crippen LogP contribution in [0.5, 0.6) is 0 Å². The molecule has 0 amide bonds. The standard InChI is InChI=1S/C10H13BrN2O4S/c1-17-10(14)3-2-4-13-18(15,16)9-5-8(11)6-12-7-9/h5-7,13H,2-4H2,1H3. The van der Waals surface area contributed by atoms with E-state index in [9.17, 15) is 13.2 Å². The normalized spacial score (nSPS) is 11.2. The van der Waals surface area contributed by atoms with E-state index < -0.39 is 10.0 Å². The average Bonchev–Trinajstić information content (AvgIpc) is 2.34. The number of carbonyl (C=O) groups excluding carboxylic acids is 1. The number of hydrogen-bond donors (Lipinski definition) is 1. The van der Waals surface area contributed by atoms with Crippen molar-refractivity contribution >= 4 is 31.9 Å². The van der Waals surface area contributed by atoms with Crippen LogP contribution < -0.4 is 4.72 Å². The maximum Gasteiger partial charge on any atom is 0.305 e. The fourth-order valence-electron chi connectivity index (χ4n) is 1.16. The monoisotopic (exact) mass is 336 g/mol. The second-order valence-corrected chi connectivity index (χ2v) is 6.10. The van der Waals surface area contributed by atoms with Crippen LogP contribution in [0.4, 0.5) is 0 Å². The van der Waals surface area contributed by atoms with Crippen LogP contribution in [0.1, 0.15) is 12.8 Å². The molecule has 0 bridgehead atoms. The molecule has 1 heterocycles. The molecular weight excluding hydrogens is 324 g/mol. The molecule has 0 aliphatic rings. The third-order valence-electron chi connectivity index (χ3n) is 2.07. The number of esters is 1. The van der Waals surface area contributed by atoms with Crippen LogP contribution in [-0.2, 0) is 19.6 Å². The number of ether oxygens (including phenoxy) is 1. The Hall–Kier alpha value is -0.990. The number of aromatic nitrogens is 1. The zero-order valence-electron chi connectivity index (χ0n) is 9.72. The Kier molecular flexibility index (Phi) is 5.70. The highest BCUT2D eigenvalue weighted by molar-refractivity contribution is 9.10. The van der Waals surface area contributed by atoms with Gasteiger partial charge in [-0.05, 0) is 28.4 Å². The van der Waals surface area contributed by atoms with Crippen molar-refractivity contribution in [2.45, 2.75) is 17.7 Å². The van der Waals surface area contributed by atoms with E-state index in [4.69, 9.17) is 0 Å². The fourth-order valence-corrected chi connectivity index (χ4v) is 2.74. The molecule has 1 rings (SSSR count). The maximum atomic E-state index is 11.8. The lowest BCUT2D eigenvalue weighted by Crippen LogP contribution is -2.25. The van der Waals surface area contributed by atoms with Gasteiger partial charge in [-0.2, -0.15) is 0 Å². The summed E-state index contributed by atoms with van der Waals surface area (Å²) in [6.07, 6.45) is 3.31. The first-order chi connectivity index (χ1) is 8.45. The Morgan fingerprint density at radius 1 is 1.50 bits per heavy atom. The predicted molar refractivity (Wildman–Crippen MR) is 68.4 cm³/mol. The van der Waals surface area contributed by atoms with Crippen molar-refractivity contribution in [1.29, 1.82) is 0 Å². The van der Waals surface area contributed by atoms with Crippen molar-refractivity contribution < 1.29 is 17.9 Å². The molecule has 0 saturated carbocycles. The molecule has 0 saturated heterocycles. The van der Waals surface area contributed by atoms with Gasteiger partial charge < -0.3 is 4.74 Å². The Morgan fingerprint density at radius 3 is 2.83 bits per heavy atom. The van der Waals surface area contributed by atoms with Crippen molar-refractivity contribution in [3.8, 4) is 0 Å². The summed E-state index contributed by atoms with van der Waals surface area (Å²) >= 11 is 3.15. The number of carbonyl (C=O) groups is 1. The Balaban J connectivity index is 2.53. The molecule has 0 fully saturated rings. The van der Waals surface area contributed by atoms with Crippen LogP contribution in [0.25, 0.3) is 0 Å². The van der Waals surface area contributed by atoms with Crippen LogP contribution in [-0.4, -0.2) is 33.0 Å². The summed E-state index contributed by atoms with van der Waals surface area (Å²) < 4.78 is 31.0. The number of nitrogens with one attached hydrogen (secondary N) is 1. The van der Waals surface area contributed by atoms with Crippen LogP contribution in [0.15, 0.2) is 27.8 Å². The molecule has 1 N–H and O–H groups in total. The first-order valence-electron chi connectivity index (χ1n) is 5.13. The predicted octanol–water partition coefficient (Wildman–Crippen LogP) is 1.08. The largest absolute Gasteiger partial charge is 0.469 e. The molecular formula is C10H13BrN2O4S. The van der Waals surface area contributed by atoms with E-state index in [2.05, 4.69) is 30.4 Å². The lowest BCUT2D eigenvalue weighted by atomic mass is 10.3. The molecule has 1 aromatic rings. The fraction of sp³-hybridized carbons (Fsp3) is 0.400. The van der Waals surface area contributed by atoms with E-state index in [0.29, 0.717) is 10.9 Å². The number of sulfonamides is 1. The third-order valence-corrected chi connectivity index (χ3v) is 3.93. The van der Waals surface area contributed by atoms with E-state index in [1.165, 1.54) is 25.6 Å². The molecule has 1 aromatic heterocycles. The van der Waals surface area contributed by atoms with E-state index in [1.807, 2.05) is 0 Å². The first-order valence-corrected chi connectivity index (χ1v) is 7.40. The summed E-state index contributed by atoms with van der Waals surface area (Å²) in [4.78, 5) is 14.7.